The third-order valence-electron chi connectivity index (χ3n) is 1.36. The molecule has 0 aliphatic heterocycles. The van der Waals surface area contributed by atoms with Gasteiger partial charge in [0.2, 0.25) is 0 Å². The molecule has 2 N–H and O–H groups in total. The lowest BCUT2D eigenvalue weighted by Crippen LogP contribution is -1.97. The molecule has 0 radical (unpaired) electrons. The van der Waals surface area contributed by atoms with Crippen LogP contribution >= 0.6 is 0 Å². The van der Waals surface area contributed by atoms with Crippen molar-refractivity contribution in [2.75, 3.05) is 12.3 Å². The Kier molecular flexibility index (Phi) is 2.48. The van der Waals surface area contributed by atoms with Crippen LogP contribution in [0, 0.1) is 0 Å². The van der Waals surface area contributed by atoms with E-state index in [4.69, 9.17) is 15.0 Å². The van der Waals surface area contributed by atoms with Gasteiger partial charge in [0.25, 0.3) is 0 Å². The number of hydrogen-bond donors (Lipinski definition) is 1. The van der Waals surface area contributed by atoms with E-state index < -0.39 is 0 Å². The molecule has 1 aromatic heterocycles. The molecular weight excluding hydrogens is 144 g/mol. The molecule has 1 aromatic rings. The van der Waals surface area contributed by atoms with Crippen LogP contribution in [0.2, 0.25) is 0 Å². The lowest BCUT2D eigenvalue weighted by Gasteiger charge is -2.05. The highest BCUT2D eigenvalue weighted by molar-refractivity contribution is 5.27. The fourth-order valence-corrected chi connectivity index (χ4v) is 0.828. The van der Waals surface area contributed by atoms with Crippen molar-refractivity contribution in [1.82, 2.24) is 5.16 Å². The smallest absolute Gasteiger partial charge is 0.167 e. The van der Waals surface area contributed by atoms with Gasteiger partial charge in [-0.15, -0.1) is 0 Å². The Hall–Kier alpha value is -1.03. The van der Waals surface area contributed by atoms with Crippen LogP contribution < -0.4 is 5.73 Å². The van der Waals surface area contributed by atoms with E-state index in [1.54, 1.807) is 6.07 Å². The zero-order valence-electron chi connectivity index (χ0n) is 6.70. The highest BCUT2D eigenvalue weighted by atomic mass is 16.5. The average molecular weight is 156 g/mol. The largest absolute Gasteiger partial charge is 0.381 e. The van der Waals surface area contributed by atoms with Crippen LogP contribution in [0.25, 0.3) is 0 Å². The first kappa shape index (κ1) is 8.07. The topological polar surface area (TPSA) is 61.3 Å². The van der Waals surface area contributed by atoms with Gasteiger partial charge >= 0.3 is 0 Å². The molecule has 4 heteroatoms. The van der Waals surface area contributed by atoms with E-state index in [0.29, 0.717) is 18.2 Å². The van der Waals surface area contributed by atoms with Crippen molar-refractivity contribution in [3.05, 3.63) is 11.8 Å². The average Bonchev–Trinajstić information content (AvgIpc) is 2.36. The maximum Gasteiger partial charge on any atom is 0.167 e. The summed E-state index contributed by atoms with van der Waals surface area (Å²) >= 11 is 0. The Morgan fingerprint density at radius 3 is 3.00 bits per heavy atom. The van der Waals surface area contributed by atoms with Gasteiger partial charge in [0.05, 0.1) is 0 Å². The van der Waals surface area contributed by atoms with Crippen LogP contribution in [-0.2, 0) is 4.74 Å². The third kappa shape index (κ3) is 1.94. The first-order valence-electron chi connectivity index (χ1n) is 3.57. The van der Waals surface area contributed by atoms with Crippen molar-refractivity contribution in [2.45, 2.75) is 20.0 Å². The van der Waals surface area contributed by atoms with Crippen molar-refractivity contribution in [1.29, 1.82) is 0 Å². The number of anilines is 1. The maximum absolute atomic E-state index is 5.35. The predicted octanol–water partition coefficient (Wildman–Crippen LogP) is 1.35. The summed E-state index contributed by atoms with van der Waals surface area (Å²) in [5, 5.41) is 3.54. The molecule has 1 unspecified atom stereocenters. The fourth-order valence-electron chi connectivity index (χ4n) is 0.828. The Labute approximate surface area is 65.3 Å². The first-order valence-corrected chi connectivity index (χ1v) is 3.57. The SMILES string of the molecule is CCOC(C)c1cc(N)no1. The van der Waals surface area contributed by atoms with Crippen LogP contribution in [0.5, 0.6) is 0 Å². The van der Waals surface area contributed by atoms with Gasteiger partial charge in [-0.25, -0.2) is 0 Å². The van der Waals surface area contributed by atoms with Crippen LogP contribution in [0.15, 0.2) is 10.6 Å². The third-order valence-corrected chi connectivity index (χ3v) is 1.36. The number of rotatable bonds is 3. The van der Waals surface area contributed by atoms with Gasteiger partial charge < -0.3 is 15.0 Å². The number of nitrogens with two attached hydrogens (primary N) is 1. The summed E-state index contributed by atoms with van der Waals surface area (Å²) in [4.78, 5) is 0. The van der Waals surface area contributed by atoms with Gasteiger partial charge in [0.1, 0.15) is 6.10 Å². The summed E-state index contributed by atoms with van der Waals surface area (Å²) in [7, 11) is 0. The second kappa shape index (κ2) is 3.39. The maximum atomic E-state index is 5.35. The molecule has 0 fully saturated rings. The molecule has 4 nitrogen and oxygen atoms in total. The predicted molar refractivity (Wildman–Crippen MR) is 41.0 cm³/mol. The number of nitrogen functional groups attached to an aromatic ring is 1. The van der Waals surface area contributed by atoms with Crippen molar-refractivity contribution < 1.29 is 9.26 Å². The Morgan fingerprint density at radius 1 is 1.82 bits per heavy atom. The summed E-state index contributed by atoms with van der Waals surface area (Å²) in [5.41, 5.74) is 5.35. The molecule has 0 saturated heterocycles. The quantitative estimate of drug-likeness (QED) is 0.717. The normalized spacial score (nSPS) is 13.3. The summed E-state index contributed by atoms with van der Waals surface area (Å²) in [6, 6.07) is 1.67. The summed E-state index contributed by atoms with van der Waals surface area (Å²) in [5.74, 6) is 1.07. The first-order chi connectivity index (χ1) is 5.24. The van der Waals surface area contributed by atoms with Crippen LogP contribution in [0.1, 0.15) is 25.7 Å². The molecule has 0 amide bonds. The van der Waals surface area contributed by atoms with Gasteiger partial charge in [-0.3, -0.25) is 0 Å². The molecule has 0 bridgehead atoms. The number of aromatic nitrogens is 1. The zero-order valence-corrected chi connectivity index (χ0v) is 6.70. The van der Waals surface area contributed by atoms with Crippen LogP contribution in [0.4, 0.5) is 5.82 Å². The van der Waals surface area contributed by atoms with Crippen molar-refractivity contribution in [3.63, 3.8) is 0 Å². The van der Waals surface area contributed by atoms with E-state index in [1.807, 2.05) is 13.8 Å². The standard InChI is InChI=1S/C7H12N2O2/c1-3-10-5(2)6-4-7(8)9-11-6/h4-5H,3H2,1-2H3,(H2,8,9). The Bertz CT molecular complexity index is 222. The summed E-state index contributed by atoms with van der Waals surface area (Å²) < 4.78 is 10.1. The van der Waals surface area contributed by atoms with Crippen LogP contribution in [0.3, 0.4) is 0 Å². The lowest BCUT2D eigenvalue weighted by atomic mass is 10.3. The van der Waals surface area contributed by atoms with Gasteiger partial charge in [-0.2, -0.15) is 0 Å². The summed E-state index contributed by atoms with van der Waals surface area (Å²) in [6.07, 6.45) is -0.0650. The molecule has 1 heterocycles. The van der Waals surface area contributed by atoms with Gasteiger partial charge in [-0.1, -0.05) is 5.16 Å². The van der Waals surface area contributed by atoms with E-state index in [9.17, 15) is 0 Å². The minimum atomic E-state index is -0.0650. The minimum Gasteiger partial charge on any atom is -0.381 e. The van der Waals surface area contributed by atoms with Gasteiger partial charge in [0, 0.05) is 12.7 Å². The minimum absolute atomic E-state index is 0.0650. The van der Waals surface area contributed by atoms with E-state index in [-0.39, 0.29) is 6.10 Å². The molecule has 1 rings (SSSR count). The molecule has 0 saturated carbocycles. The van der Waals surface area contributed by atoms with Crippen LogP contribution in [-0.4, -0.2) is 11.8 Å². The van der Waals surface area contributed by atoms with E-state index >= 15 is 0 Å². The number of nitrogens with zero attached hydrogens (tertiary/aromatic N) is 1. The zero-order chi connectivity index (χ0) is 8.27. The van der Waals surface area contributed by atoms with Crippen molar-refractivity contribution >= 4 is 5.82 Å². The second-order valence-corrected chi connectivity index (χ2v) is 2.25. The number of hydrogen-bond acceptors (Lipinski definition) is 4. The molecule has 0 aliphatic carbocycles. The Balaban J connectivity index is 2.60. The van der Waals surface area contributed by atoms with Gasteiger partial charge in [0.15, 0.2) is 11.6 Å². The molecular formula is C7H12N2O2. The lowest BCUT2D eigenvalue weighted by molar-refractivity contribution is 0.0558. The summed E-state index contributed by atoms with van der Waals surface area (Å²) in [6.45, 7) is 4.47. The Morgan fingerprint density at radius 2 is 2.55 bits per heavy atom. The molecule has 0 spiro atoms. The van der Waals surface area contributed by atoms with Gasteiger partial charge in [-0.05, 0) is 13.8 Å². The molecule has 62 valence electrons. The monoisotopic (exact) mass is 156 g/mol. The fraction of sp³-hybridized carbons (Fsp3) is 0.571. The van der Waals surface area contributed by atoms with Crippen molar-refractivity contribution in [3.8, 4) is 0 Å². The van der Waals surface area contributed by atoms with E-state index in [0.717, 1.165) is 0 Å². The second-order valence-electron chi connectivity index (χ2n) is 2.25. The van der Waals surface area contributed by atoms with E-state index in [2.05, 4.69) is 5.16 Å². The highest BCUT2D eigenvalue weighted by Gasteiger charge is 2.09. The van der Waals surface area contributed by atoms with E-state index in [1.165, 1.54) is 0 Å². The molecule has 1 atom stereocenters. The highest BCUT2D eigenvalue weighted by Crippen LogP contribution is 2.17. The molecule has 11 heavy (non-hydrogen) atoms. The molecule has 0 aliphatic rings. The molecule has 0 aromatic carbocycles. The van der Waals surface area contributed by atoms with Crippen molar-refractivity contribution in [2.24, 2.45) is 0 Å². The number of ether oxygens (including phenoxy) is 1.